The van der Waals surface area contributed by atoms with Crippen molar-refractivity contribution in [1.29, 1.82) is 0 Å². The fourth-order valence-electron chi connectivity index (χ4n) is 1.90. The monoisotopic (exact) mass is 342 g/mol. The Morgan fingerprint density at radius 3 is 2.64 bits per heavy atom. The van der Waals surface area contributed by atoms with Gasteiger partial charge < -0.3 is 4.98 Å². The first-order valence-electron chi connectivity index (χ1n) is 5.96. The summed E-state index contributed by atoms with van der Waals surface area (Å²) in [5.41, 5.74) is 0.710. The SMILES string of the molecule is O=c1[nH]c2ccc(NS(=O)(=O)c3cc(F)ccc3F)cc2s1. The zero-order valence-electron chi connectivity index (χ0n) is 10.8. The minimum Gasteiger partial charge on any atom is -0.312 e. The van der Waals surface area contributed by atoms with Gasteiger partial charge in [-0.05, 0) is 36.4 Å². The van der Waals surface area contributed by atoms with Crippen LogP contribution < -0.4 is 9.60 Å². The van der Waals surface area contributed by atoms with Crippen LogP contribution in [0.1, 0.15) is 0 Å². The van der Waals surface area contributed by atoms with E-state index in [4.69, 9.17) is 0 Å². The third-order valence-corrected chi connectivity index (χ3v) is 5.10. The predicted molar refractivity (Wildman–Crippen MR) is 79.6 cm³/mol. The van der Waals surface area contributed by atoms with Crippen LogP contribution in [-0.2, 0) is 10.0 Å². The van der Waals surface area contributed by atoms with Gasteiger partial charge in [0.2, 0.25) is 0 Å². The zero-order valence-corrected chi connectivity index (χ0v) is 12.4. The lowest BCUT2D eigenvalue weighted by molar-refractivity contribution is 0.555. The van der Waals surface area contributed by atoms with Crippen molar-refractivity contribution >= 4 is 37.3 Å². The summed E-state index contributed by atoms with van der Waals surface area (Å²) in [5, 5.41) is 0. The van der Waals surface area contributed by atoms with Crippen molar-refractivity contribution in [3.8, 4) is 0 Å². The molecule has 9 heteroatoms. The highest BCUT2D eigenvalue weighted by molar-refractivity contribution is 7.92. The Balaban J connectivity index is 2.02. The first-order valence-corrected chi connectivity index (χ1v) is 8.26. The van der Waals surface area contributed by atoms with E-state index in [9.17, 15) is 22.0 Å². The van der Waals surface area contributed by atoms with Gasteiger partial charge >= 0.3 is 4.87 Å². The number of benzene rings is 2. The third kappa shape index (κ3) is 2.72. The van der Waals surface area contributed by atoms with E-state index in [0.717, 1.165) is 23.5 Å². The van der Waals surface area contributed by atoms with Crippen molar-refractivity contribution in [2.75, 3.05) is 4.72 Å². The summed E-state index contributed by atoms with van der Waals surface area (Å²) in [7, 11) is -4.28. The van der Waals surface area contributed by atoms with Crippen LogP contribution >= 0.6 is 11.3 Å². The molecule has 2 aromatic carbocycles. The van der Waals surface area contributed by atoms with Crippen LogP contribution in [0.2, 0.25) is 0 Å². The molecule has 0 saturated carbocycles. The van der Waals surface area contributed by atoms with Gasteiger partial charge in [-0.25, -0.2) is 17.2 Å². The second kappa shape index (κ2) is 5.18. The molecule has 1 heterocycles. The number of thiazole rings is 1. The summed E-state index contributed by atoms with van der Waals surface area (Å²) in [6.45, 7) is 0. The Morgan fingerprint density at radius 1 is 1.09 bits per heavy atom. The van der Waals surface area contributed by atoms with Crippen LogP contribution in [0.25, 0.3) is 10.2 Å². The van der Waals surface area contributed by atoms with Crippen molar-refractivity contribution in [3.05, 3.63) is 57.7 Å². The molecule has 0 spiro atoms. The van der Waals surface area contributed by atoms with Gasteiger partial charge in [-0.1, -0.05) is 11.3 Å². The highest BCUT2D eigenvalue weighted by atomic mass is 32.2. The lowest BCUT2D eigenvalue weighted by Crippen LogP contribution is -2.14. The standard InChI is InChI=1S/C13H8F2N2O3S2/c14-7-1-3-9(15)12(5-7)22(19,20)17-8-2-4-10-11(6-8)21-13(18)16-10/h1-6,17H,(H,16,18). The minimum absolute atomic E-state index is 0.145. The highest BCUT2D eigenvalue weighted by Gasteiger charge is 2.20. The van der Waals surface area contributed by atoms with Crippen molar-refractivity contribution in [2.24, 2.45) is 0 Å². The number of hydrogen-bond donors (Lipinski definition) is 2. The molecule has 5 nitrogen and oxygen atoms in total. The maximum Gasteiger partial charge on any atom is 0.305 e. The molecule has 0 atom stereocenters. The second-order valence-electron chi connectivity index (χ2n) is 4.41. The molecule has 3 rings (SSSR count). The van der Waals surface area contributed by atoms with Gasteiger partial charge in [-0.2, -0.15) is 0 Å². The quantitative estimate of drug-likeness (QED) is 0.768. The average Bonchev–Trinajstić information content (AvgIpc) is 2.80. The van der Waals surface area contributed by atoms with E-state index in [1.54, 1.807) is 0 Å². The molecule has 0 amide bonds. The van der Waals surface area contributed by atoms with Gasteiger partial charge in [-0.3, -0.25) is 9.52 Å². The molecule has 1 aromatic heterocycles. The van der Waals surface area contributed by atoms with Crippen LogP contribution in [-0.4, -0.2) is 13.4 Å². The number of anilines is 1. The fourth-order valence-corrected chi connectivity index (χ4v) is 3.82. The van der Waals surface area contributed by atoms with Gasteiger partial charge in [-0.15, -0.1) is 0 Å². The number of rotatable bonds is 3. The number of halogens is 2. The molecular formula is C13H8F2N2O3S2. The predicted octanol–water partition coefficient (Wildman–Crippen LogP) is 2.67. The molecule has 3 aromatic rings. The first-order chi connectivity index (χ1) is 10.3. The summed E-state index contributed by atoms with van der Waals surface area (Å²) in [5.74, 6) is -1.91. The fraction of sp³-hybridized carbons (Fsp3) is 0. The van der Waals surface area contributed by atoms with Gasteiger partial charge in [0.25, 0.3) is 10.0 Å². The molecule has 0 aliphatic heterocycles. The molecule has 114 valence electrons. The van der Waals surface area contributed by atoms with Gasteiger partial charge in [0.05, 0.1) is 15.9 Å². The maximum atomic E-state index is 13.6. The molecule has 0 fully saturated rings. The summed E-state index contributed by atoms with van der Waals surface area (Å²) in [6, 6.07) is 6.55. The molecule has 22 heavy (non-hydrogen) atoms. The number of hydrogen-bond acceptors (Lipinski definition) is 4. The van der Waals surface area contributed by atoms with Crippen LogP contribution in [0.4, 0.5) is 14.5 Å². The van der Waals surface area contributed by atoms with Crippen LogP contribution in [0, 0.1) is 11.6 Å². The molecule has 0 saturated heterocycles. The number of H-pyrrole nitrogens is 1. The van der Waals surface area contributed by atoms with E-state index in [1.165, 1.54) is 18.2 Å². The van der Waals surface area contributed by atoms with Gasteiger partial charge in [0, 0.05) is 0 Å². The number of fused-ring (bicyclic) bond motifs is 1. The van der Waals surface area contributed by atoms with E-state index >= 15 is 0 Å². The lowest BCUT2D eigenvalue weighted by Gasteiger charge is -2.09. The smallest absolute Gasteiger partial charge is 0.305 e. The number of sulfonamides is 1. The molecule has 0 bridgehead atoms. The number of aromatic nitrogens is 1. The second-order valence-corrected chi connectivity index (χ2v) is 7.07. The molecule has 0 aliphatic rings. The normalized spacial score (nSPS) is 11.7. The first kappa shape index (κ1) is 14.7. The zero-order chi connectivity index (χ0) is 15.9. The summed E-state index contributed by atoms with van der Waals surface area (Å²) < 4.78 is 53.7. The highest BCUT2D eigenvalue weighted by Crippen LogP contribution is 2.23. The van der Waals surface area contributed by atoms with Gasteiger partial charge in [0.1, 0.15) is 16.5 Å². The molecule has 2 N–H and O–H groups in total. The number of nitrogens with one attached hydrogen (secondary N) is 2. The summed E-state index contributed by atoms with van der Waals surface area (Å²) in [4.78, 5) is 12.7. The van der Waals surface area contributed by atoms with Crippen LogP contribution in [0.5, 0.6) is 0 Å². The van der Waals surface area contributed by atoms with Crippen molar-refractivity contribution in [1.82, 2.24) is 4.98 Å². The van der Waals surface area contributed by atoms with E-state index in [2.05, 4.69) is 9.71 Å². The van der Waals surface area contributed by atoms with Crippen molar-refractivity contribution < 1.29 is 17.2 Å². The van der Waals surface area contributed by atoms with Crippen molar-refractivity contribution in [3.63, 3.8) is 0 Å². The Bertz CT molecular complexity index is 1030. The lowest BCUT2D eigenvalue weighted by atomic mass is 10.3. The maximum absolute atomic E-state index is 13.6. The topological polar surface area (TPSA) is 79.0 Å². The van der Waals surface area contributed by atoms with E-state index < -0.39 is 26.6 Å². The Morgan fingerprint density at radius 2 is 1.86 bits per heavy atom. The Hall–Kier alpha value is -2.26. The van der Waals surface area contributed by atoms with E-state index in [1.807, 2.05) is 0 Å². The molecule has 0 unspecified atom stereocenters. The van der Waals surface area contributed by atoms with Crippen LogP contribution in [0.3, 0.4) is 0 Å². The molecule has 0 radical (unpaired) electrons. The van der Waals surface area contributed by atoms with Crippen LogP contribution in [0.15, 0.2) is 46.1 Å². The van der Waals surface area contributed by atoms with E-state index in [-0.39, 0.29) is 10.6 Å². The average molecular weight is 342 g/mol. The van der Waals surface area contributed by atoms with Crippen molar-refractivity contribution in [2.45, 2.75) is 4.90 Å². The Labute approximate surface area is 127 Å². The van der Waals surface area contributed by atoms with Gasteiger partial charge in [0.15, 0.2) is 0 Å². The Kier molecular flexibility index (Phi) is 3.45. The third-order valence-electron chi connectivity index (χ3n) is 2.86. The van der Waals surface area contributed by atoms with E-state index in [0.29, 0.717) is 16.3 Å². The summed E-state index contributed by atoms with van der Waals surface area (Å²) in [6.07, 6.45) is 0. The molecule has 0 aliphatic carbocycles. The minimum atomic E-state index is -4.28. The number of aromatic amines is 1. The largest absolute Gasteiger partial charge is 0.312 e. The summed E-state index contributed by atoms with van der Waals surface area (Å²) >= 11 is 0.914. The molecular weight excluding hydrogens is 334 g/mol.